The summed E-state index contributed by atoms with van der Waals surface area (Å²) >= 11 is 0. The van der Waals surface area contributed by atoms with Crippen LogP contribution in [0.2, 0.25) is 0 Å². The van der Waals surface area contributed by atoms with E-state index in [0.717, 1.165) is 12.8 Å². The number of halogens is 1. The van der Waals surface area contributed by atoms with Crippen molar-refractivity contribution in [2.24, 2.45) is 0 Å². The maximum atomic E-state index is 10.9. The number of aliphatic carboxylic acids is 2. The molecule has 1 rings (SSSR count). The molecule has 0 spiro atoms. The van der Waals surface area contributed by atoms with Crippen molar-refractivity contribution in [3.05, 3.63) is 0 Å². The van der Waals surface area contributed by atoms with Crippen molar-refractivity contribution in [1.82, 2.24) is 0 Å². The first-order valence-corrected chi connectivity index (χ1v) is 7.23. The molecule has 0 aromatic heterocycles. The van der Waals surface area contributed by atoms with Crippen LogP contribution >= 0.6 is 19.9 Å². The molecule has 1 aliphatic rings. The van der Waals surface area contributed by atoms with E-state index in [9.17, 15) is 9.59 Å². The maximum Gasteiger partial charge on any atom is 0.316 e. The summed E-state index contributed by atoms with van der Waals surface area (Å²) < 4.78 is 0. The highest BCUT2D eigenvalue weighted by molar-refractivity contribution is 8.52. The van der Waals surface area contributed by atoms with E-state index in [1.54, 1.807) is 0 Å². The van der Waals surface area contributed by atoms with Gasteiger partial charge in [-0.05, 0) is 24.3 Å². The molecule has 1 atom stereocenters. The second-order valence-electron chi connectivity index (χ2n) is 3.38. The quantitative estimate of drug-likeness (QED) is 0.784. The van der Waals surface area contributed by atoms with E-state index in [-0.39, 0.29) is 6.42 Å². The molecule has 14 heavy (non-hydrogen) atoms. The van der Waals surface area contributed by atoms with Crippen molar-refractivity contribution in [2.45, 2.75) is 24.5 Å². The zero-order valence-corrected chi connectivity index (χ0v) is 9.18. The lowest BCUT2D eigenvalue weighted by Gasteiger charge is -2.32. The van der Waals surface area contributed by atoms with E-state index in [1.807, 2.05) is 0 Å². The molecular weight excluding hydrogens is 228 g/mol. The molecule has 1 saturated heterocycles. The van der Waals surface area contributed by atoms with Gasteiger partial charge in [0, 0.05) is 0 Å². The highest BCUT2D eigenvalue weighted by atomic mass is 35.7. The molecule has 1 unspecified atom stereocenters. The van der Waals surface area contributed by atoms with Crippen LogP contribution in [0.5, 0.6) is 0 Å². The van der Waals surface area contributed by atoms with Crippen molar-refractivity contribution >= 4 is 31.9 Å². The molecule has 6 heteroatoms. The summed E-state index contributed by atoms with van der Waals surface area (Å²) in [7, 11) is 4.47. The van der Waals surface area contributed by atoms with Gasteiger partial charge in [0.05, 0.1) is 6.42 Å². The minimum atomic E-state index is -1.75. The van der Waals surface area contributed by atoms with E-state index in [2.05, 4.69) is 0 Å². The van der Waals surface area contributed by atoms with E-state index in [0.29, 0.717) is 11.5 Å². The summed E-state index contributed by atoms with van der Waals surface area (Å²) in [6.45, 7) is 0. The standard InChI is InChI=1S/C8H13ClO4S/c9-14(3-1-2-4-14)6(8(12)13)5-7(10)11/h6H,1-5H2,(H,10,11)(H,12,13). The summed E-state index contributed by atoms with van der Waals surface area (Å²) in [6.07, 6.45) is 1.48. The molecule has 1 aliphatic heterocycles. The van der Waals surface area contributed by atoms with Gasteiger partial charge in [0.25, 0.3) is 0 Å². The Hall–Kier alpha value is -0.420. The fourth-order valence-corrected chi connectivity index (χ4v) is 5.66. The molecule has 1 fully saturated rings. The number of hydrogen-bond acceptors (Lipinski definition) is 2. The molecule has 2 N–H and O–H groups in total. The summed E-state index contributed by atoms with van der Waals surface area (Å²) in [6, 6.07) is 0. The van der Waals surface area contributed by atoms with E-state index in [4.69, 9.17) is 20.9 Å². The third kappa shape index (κ3) is 2.54. The first kappa shape index (κ1) is 11.7. The van der Waals surface area contributed by atoms with Gasteiger partial charge in [-0.3, -0.25) is 9.59 Å². The van der Waals surface area contributed by atoms with Crippen LogP contribution in [0.15, 0.2) is 0 Å². The molecule has 0 aliphatic carbocycles. The van der Waals surface area contributed by atoms with Gasteiger partial charge in [0.15, 0.2) is 0 Å². The summed E-state index contributed by atoms with van der Waals surface area (Å²) in [4.78, 5) is 21.4. The Kier molecular flexibility index (Phi) is 3.66. The smallest absolute Gasteiger partial charge is 0.316 e. The van der Waals surface area contributed by atoms with Crippen molar-refractivity contribution in [2.75, 3.05) is 11.5 Å². The van der Waals surface area contributed by atoms with Crippen LogP contribution in [-0.4, -0.2) is 38.9 Å². The third-order valence-electron chi connectivity index (χ3n) is 2.36. The summed E-state index contributed by atoms with van der Waals surface area (Å²) in [5.41, 5.74) is 0. The van der Waals surface area contributed by atoms with Crippen LogP contribution in [0.4, 0.5) is 0 Å². The van der Waals surface area contributed by atoms with Crippen LogP contribution in [0, 0.1) is 0 Å². The molecule has 0 aromatic rings. The molecule has 0 aromatic carbocycles. The minimum absolute atomic E-state index is 0.353. The SMILES string of the molecule is O=C(O)CC(C(=O)O)S1(Cl)CCCC1. The molecular formula is C8H13ClO4S. The van der Waals surface area contributed by atoms with Crippen LogP contribution in [0.3, 0.4) is 0 Å². The van der Waals surface area contributed by atoms with Gasteiger partial charge in [-0.25, -0.2) is 0 Å². The van der Waals surface area contributed by atoms with Gasteiger partial charge in [-0.2, -0.15) is 0 Å². The highest BCUT2D eigenvalue weighted by Crippen LogP contribution is 2.62. The second kappa shape index (κ2) is 4.40. The fourth-order valence-electron chi connectivity index (χ4n) is 1.65. The Morgan fingerprint density at radius 3 is 2.14 bits per heavy atom. The monoisotopic (exact) mass is 240 g/mol. The first-order chi connectivity index (χ1) is 6.46. The minimum Gasteiger partial charge on any atom is -0.481 e. The van der Waals surface area contributed by atoms with Gasteiger partial charge in [0.2, 0.25) is 0 Å². The van der Waals surface area contributed by atoms with E-state index >= 15 is 0 Å². The normalized spacial score (nSPS) is 24.1. The van der Waals surface area contributed by atoms with E-state index in [1.165, 1.54) is 0 Å². The molecule has 4 nitrogen and oxygen atoms in total. The Morgan fingerprint density at radius 1 is 1.29 bits per heavy atom. The van der Waals surface area contributed by atoms with Crippen LogP contribution < -0.4 is 0 Å². The van der Waals surface area contributed by atoms with Crippen LogP contribution in [0.1, 0.15) is 19.3 Å². The lowest BCUT2D eigenvalue weighted by molar-refractivity contribution is -0.143. The molecule has 82 valence electrons. The molecule has 0 saturated carbocycles. The molecule has 0 amide bonds. The summed E-state index contributed by atoms with van der Waals surface area (Å²) in [5.74, 6) is -0.798. The van der Waals surface area contributed by atoms with Crippen molar-refractivity contribution in [3.8, 4) is 0 Å². The zero-order valence-electron chi connectivity index (χ0n) is 7.61. The first-order valence-electron chi connectivity index (χ1n) is 4.37. The van der Waals surface area contributed by atoms with Crippen LogP contribution in [-0.2, 0) is 9.59 Å². The predicted octanol–water partition coefficient (Wildman–Crippen LogP) is 1.67. The lowest BCUT2D eigenvalue weighted by Crippen LogP contribution is -2.28. The maximum absolute atomic E-state index is 10.9. The van der Waals surface area contributed by atoms with Crippen LogP contribution in [0.25, 0.3) is 0 Å². The average molecular weight is 241 g/mol. The van der Waals surface area contributed by atoms with Gasteiger partial charge in [-0.15, -0.1) is 9.24 Å². The highest BCUT2D eigenvalue weighted by Gasteiger charge is 2.40. The van der Waals surface area contributed by atoms with Gasteiger partial charge in [0.1, 0.15) is 5.25 Å². The molecule has 0 radical (unpaired) electrons. The Morgan fingerprint density at radius 2 is 1.79 bits per heavy atom. The van der Waals surface area contributed by atoms with E-state index < -0.39 is 26.4 Å². The third-order valence-corrected chi connectivity index (χ3v) is 7.26. The molecule has 1 heterocycles. The largest absolute Gasteiger partial charge is 0.481 e. The number of carboxylic acid groups (broad SMARTS) is 2. The average Bonchev–Trinajstić information content (AvgIpc) is 2.48. The van der Waals surface area contributed by atoms with Crippen molar-refractivity contribution < 1.29 is 19.8 Å². The Balaban J connectivity index is 2.75. The number of rotatable bonds is 4. The Bertz CT molecular complexity index is 250. The number of hydrogen-bond donors (Lipinski definition) is 2. The topological polar surface area (TPSA) is 74.6 Å². The number of carboxylic acids is 2. The lowest BCUT2D eigenvalue weighted by atomic mass is 10.3. The van der Waals surface area contributed by atoms with Crippen molar-refractivity contribution in [1.29, 1.82) is 0 Å². The predicted molar refractivity (Wildman–Crippen MR) is 56.1 cm³/mol. The molecule has 0 bridgehead atoms. The van der Waals surface area contributed by atoms with Crippen molar-refractivity contribution in [3.63, 3.8) is 0 Å². The zero-order chi connectivity index (χ0) is 10.8. The van der Waals surface area contributed by atoms with Gasteiger partial charge >= 0.3 is 11.9 Å². The fraction of sp³-hybridized carbons (Fsp3) is 0.750. The van der Waals surface area contributed by atoms with Gasteiger partial charge in [-0.1, -0.05) is 10.7 Å². The van der Waals surface area contributed by atoms with Gasteiger partial charge < -0.3 is 10.2 Å². The number of carbonyl (C=O) groups is 2. The Labute approximate surface area is 88.1 Å². The second-order valence-corrected chi connectivity index (χ2v) is 8.30. The summed E-state index contributed by atoms with van der Waals surface area (Å²) in [5, 5.41) is 16.6.